The van der Waals surface area contributed by atoms with E-state index in [2.05, 4.69) is 4.98 Å². The molecule has 25 heavy (non-hydrogen) atoms. The molecule has 0 bridgehead atoms. The fraction of sp³-hybridized carbons (Fsp3) is 0.111. The molecule has 0 radical (unpaired) electrons. The highest BCUT2D eigenvalue weighted by atomic mass is 32.1. The maximum Gasteiger partial charge on any atom is 0.274 e. The predicted octanol–water partition coefficient (Wildman–Crippen LogP) is 2.98. The number of nitrogens with zero attached hydrogens (tertiary/aromatic N) is 3. The van der Waals surface area contributed by atoms with E-state index in [1.54, 1.807) is 22.6 Å². The highest BCUT2D eigenvalue weighted by Gasteiger charge is 2.13. The lowest BCUT2D eigenvalue weighted by Crippen LogP contribution is -2.22. The Morgan fingerprint density at radius 2 is 2.04 bits per heavy atom. The van der Waals surface area contributed by atoms with Gasteiger partial charge in [0.1, 0.15) is 0 Å². The molecule has 0 unspecified atom stereocenters. The summed E-state index contributed by atoms with van der Waals surface area (Å²) in [6.07, 6.45) is 1.67. The van der Waals surface area contributed by atoms with Crippen molar-refractivity contribution < 1.29 is 4.92 Å². The number of fused-ring (bicyclic) bond motifs is 3. The molecule has 0 saturated heterocycles. The first-order valence-corrected chi connectivity index (χ1v) is 8.44. The molecule has 0 fully saturated rings. The molecule has 2 aromatic heterocycles. The molecule has 0 saturated carbocycles. The lowest BCUT2D eigenvalue weighted by atomic mass is 10.1. The number of benzene rings is 2. The first kappa shape index (κ1) is 15.5. The molecule has 2 heterocycles. The minimum Gasteiger partial charge on any atom is -0.267 e. The van der Waals surface area contributed by atoms with Gasteiger partial charge in [-0.25, -0.2) is 9.38 Å². The van der Waals surface area contributed by atoms with Gasteiger partial charge in [-0.2, -0.15) is 0 Å². The number of nitro benzene ring substituents is 1. The van der Waals surface area contributed by atoms with E-state index in [1.165, 1.54) is 23.5 Å². The standard InChI is InChI=1S/C18H13N3O3S/c1-10-6-11(2)16-14(7-10)20-17(22)15(25-18(20)19-16)9-12-4-3-5-13(8-12)21(23)24/h3-9H,1-2H3/b15-9+. The molecule has 0 aliphatic carbocycles. The van der Waals surface area contributed by atoms with Crippen molar-refractivity contribution in [1.29, 1.82) is 0 Å². The Kier molecular flexibility index (Phi) is 3.40. The van der Waals surface area contributed by atoms with E-state index in [-0.39, 0.29) is 11.2 Å². The van der Waals surface area contributed by atoms with Crippen LogP contribution in [0.4, 0.5) is 5.69 Å². The van der Waals surface area contributed by atoms with Crippen LogP contribution in [-0.4, -0.2) is 14.3 Å². The Morgan fingerprint density at radius 1 is 1.24 bits per heavy atom. The third-order valence-corrected chi connectivity index (χ3v) is 5.03. The van der Waals surface area contributed by atoms with Crippen LogP contribution in [0.15, 0.2) is 41.2 Å². The number of non-ortho nitro benzene ring substituents is 1. The van der Waals surface area contributed by atoms with Crippen molar-refractivity contribution >= 4 is 39.1 Å². The number of rotatable bonds is 2. The molecular weight excluding hydrogens is 338 g/mol. The predicted molar refractivity (Wildman–Crippen MR) is 98.2 cm³/mol. The maximum absolute atomic E-state index is 12.8. The van der Waals surface area contributed by atoms with Crippen molar-refractivity contribution in [2.45, 2.75) is 13.8 Å². The molecule has 124 valence electrons. The molecule has 4 aromatic rings. The van der Waals surface area contributed by atoms with Crippen molar-refractivity contribution in [2.24, 2.45) is 0 Å². The second kappa shape index (κ2) is 5.49. The normalized spacial score (nSPS) is 12.3. The van der Waals surface area contributed by atoms with Crippen LogP contribution in [0.25, 0.3) is 22.1 Å². The zero-order chi connectivity index (χ0) is 17.7. The lowest BCUT2D eigenvalue weighted by molar-refractivity contribution is -0.384. The third kappa shape index (κ3) is 2.49. The summed E-state index contributed by atoms with van der Waals surface area (Å²) in [6.45, 7) is 3.96. The van der Waals surface area contributed by atoms with Gasteiger partial charge in [-0.1, -0.05) is 29.5 Å². The summed E-state index contributed by atoms with van der Waals surface area (Å²) in [5.74, 6) is 0. The molecule has 6 nitrogen and oxygen atoms in total. The van der Waals surface area contributed by atoms with Crippen LogP contribution in [-0.2, 0) is 0 Å². The zero-order valence-electron chi connectivity index (χ0n) is 13.5. The molecule has 0 N–H and O–H groups in total. The minimum atomic E-state index is -0.449. The highest BCUT2D eigenvalue weighted by molar-refractivity contribution is 7.15. The lowest BCUT2D eigenvalue weighted by Gasteiger charge is -1.97. The first-order valence-electron chi connectivity index (χ1n) is 7.62. The van der Waals surface area contributed by atoms with Gasteiger partial charge in [0.25, 0.3) is 11.2 Å². The van der Waals surface area contributed by atoms with Crippen molar-refractivity contribution in [3.05, 3.63) is 78.1 Å². The third-order valence-electron chi connectivity index (χ3n) is 4.06. The summed E-state index contributed by atoms with van der Waals surface area (Å²) >= 11 is 1.29. The summed E-state index contributed by atoms with van der Waals surface area (Å²) in [5, 5.41) is 10.9. The van der Waals surface area contributed by atoms with E-state index in [9.17, 15) is 14.9 Å². The van der Waals surface area contributed by atoms with Crippen molar-refractivity contribution in [2.75, 3.05) is 0 Å². The first-order chi connectivity index (χ1) is 11.9. The molecule has 0 aliphatic heterocycles. The summed E-state index contributed by atoms with van der Waals surface area (Å²) < 4.78 is 2.12. The second-order valence-corrected chi connectivity index (χ2v) is 6.96. The largest absolute Gasteiger partial charge is 0.274 e. The van der Waals surface area contributed by atoms with Gasteiger partial charge in [-0.05, 0) is 42.7 Å². The number of imidazole rings is 1. The van der Waals surface area contributed by atoms with Crippen LogP contribution in [0.1, 0.15) is 16.7 Å². The fourth-order valence-corrected chi connectivity index (χ4v) is 3.97. The van der Waals surface area contributed by atoms with Gasteiger partial charge in [0.15, 0.2) is 4.96 Å². The Labute approximate surface area is 145 Å². The summed E-state index contributed by atoms with van der Waals surface area (Å²) in [7, 11) is 0. The molecule has 0 atom stereocenters. The summed E-state index contributed by atoms with van der Waals surface area (Å²) in [4.78, 5) is 28.5. The monoisotopic (exact) mass is 351 g/mol. The SMILES string of the molecule is Cc1cc(C)c2nc3s/c(=C/c4cccc([N+](=O)[O-])c4)c(=O)n3c2c1. The Bertz CT molecular complexity index is 1270. The quantitative estimate of drug-likeness (QED) is 0.411. The van der Waals surface area contributed by atoms with Crippen LogP contribution in [0, 0.1) is 24.0 Å². The molecule has 0 spiro atoms. The van der Waals surface area contributed by atoms with Crippen LogP contribution < -0.4 is 10.1 Å². The number of hydrogen-bond donors (Lipinski definition) is 0. The number of hydrogen-bond acceptors (Lipinski definition) is 5. The van der Waals surface area contributed by atoms with E-state index < -0.39 is 4.92 Å². The van der Waals surface area contributed by atoms with Crippen LogP contribution in [0.3, 0.4) is 0 Å². The van der Waals surface area contributed by atoms with Gasteiger partial charge >= 0.3 is 0 Å². The van der Waals surface area contributed by atoms with Gasteiger partial charge in [0.2, 0.25) is 0 Å². The van der Waals surface area contributed by atoms with E-state index in [4.69, 9.17) is 0 Å². The second-order valence-electron chi connectivity index (χ2n) is 5.95. The van der Waals surface area contributed by atoms with Crippen LogP contribution in [0.5, 0.6) is 0 Å². The zero-order valence-corrected chi connectivity index (χ0v) is 14.3. The van der Waals surface area contributed by atoms with Crippen molar-refractivity contribution in [1.82, 2.24) is 9.38 Å². The van der Waals surface area contributed by atoms with Gasteiger partial charge in [0, 0.05) is 12.1 Å². The molecule has 2 aromatic carbocycles. The summed E-state index contributed by atoms with van der Waals surface area (Å²) in [5.41, 5.74) is 4.20. The maximum atomic E-state index is 12.8. The number of nitro groups is 1. The number of aryl methyl sites for hydroxylation is 2. The number of aromatic nitrogens is 2. The van der Waals surface area contributed by atoms with E-state index >= 15 is 0 Å². The van der Waals surface area contributed by atoms with Crippen molar-refractivity contribution in [3.63, 3.8) is 0 Å². The minimum absolute atomic E-state index is 0.000711. The average Bonchev–Trinajstić information content (AvgIpc) is 3.06. The topological polar surface area (TPSA) is 77.5 Å². The van der Waals surface area contributed by atoms with Crippen molar-refractivity contribution in [3.8, 4) is 0 Å². The average molecular weight is 351 g/mol. The Balaban J connectivity index is 1.98. The van der Waals surface area contributed by atoms with Gasteiger partial charge in [-0.3, -0.25) is 14.9 Å². The molecule has 0 amide bonds. The van der Waals surface area contributed by atoms with E-state index in [0.717, 1.165) is 22.2 Å². The molecule has 7 heteroatoms. The van der Waals surface area contributed by atoms with Gasteiger partial charge < -0.3 is 0 Å². The fourth-order valence-electron chi connectivity index (χ4n) is 2.99. The van der Waals surface area contributed by atoms with E-state index in [1.807, 2.05) is 26.0 Å². The Morgan fingerprint density at radius 3 is 2.80 bits per heavy atom. The number of thiazole rings is 1. The smallest absolute Gasteiger partial charge is 0.267 e. The molecule has 4 rings (SSSR count). The highest BCUT2D eigenvalue weighted by Crippen LogP contribution is 2.21. The van der Waals surface area contributed by atoms with Crippen LogP contribution in [0.2, 0.25) is 0 Å². The van der Waals surface area contributed by atoms with E-state index in [0.29, 0.717) is 15.1 Å². The van der Waals surface area contributed by atoms with Gasteiger partial charge in [0.05, 0.1) is 20.5 Å². The summed E-state index contributed by atoms with van der Waals surface area (Å²) in [6, 6.07) is 10.2. The molecular formula is C18H13N3O3S. The van der Waals surface area contributed by atoms with Gasteiger partial charge in [-0.15, -0.1) is 0 Å². The van der Waals surface area contributed by atoms with Crippen LogP contribution >= 0.6 is 11.3 Å². The Hall–Kier alpha value is -3.06. The molecule has 0 aliphatic rings.